The smallest absolute Gasteiger partial charge is 0.416 e. The van der Waals surface area contributed by atoms with E-state index in [1.165, 1.54) is 39.4 Å². The number of methoxy groups -OCH3 is 1. The zero-order valence-corrected chi connectivity index (χ0v) is 12.6. The lowest BCUT2D eigenvalue weighted by molar-refractivity contribution is -0.148. The number of rotatable bonds is 4. The molecule has 1 aromatic carbocycles. The van der Waals surface area contributed by atoms with E-state index in [9.17, 15) is 18.0 Å². The molecule has 0 N–H and O–H groups in total. The predicted molar refractivity (Wildman–Crippen MR) is 73.2 cm³/mol. The van der Waals surface area contributed by atoms with Crippen molar-refractivity contribution < 1.29 is 27.4 Å². The summed E-state index contributed by atoms with van der Waals surface area (Å²) in [6.07, 6.45) is -4.19. The summed E-state index contributed by atoms with van der Waals surface area (Å²) in [5.41, 5.74) is -0.468. The van der Waals surface area contributed by atoms with E-state index >= 15 is 0 Å². The maximum absolute atomic E-state index is 12.9. The lowest BCUT2D eigenvalue weighted by atomic mass is 10.1. The van der Waals surface area contributed by atoms with Crippen LogP contribution in [0, 0.1) is 6.92 Å². The summed E-state index contributed by atoms with van der Waals surface area (Å²) in [4.78, 5) is 15.1. The molecule has 9 heteroatoms. The largest absolute Gasteiger partial charge is 0.466 e. The van der Waals surface area contributed by atoms with Crippen LogP contribution in [0.15, 0.2) is 24.5 Å². The first-order valence-electron chi connectivity index (χ1n) is 6.56. The summed E-state index contributed by atoms with van der Waals surface area (Å²) in [7, 11) is 1.21. The fourth-order valence-corrected chi connectivity index (χ4v) is 1.86. The molecule has 0 aliphatic heterocycles. The van der Waals surface area contributed by atoms with Crippen LogP contribution in [0.3, 0.4) is 0 Å². The third-order valence-electron chi connectivity index (χ3n) is 3.08. The second kappa shape index (κ2) is 6.27. The standard InChI is InChI=1S/C14H14F3N3O3/c1-8-4-5-10(6-11(8)14(15,16)17)20-7-18-13(19-20)23-9(2)12(21)22-3/h4-7,9H,1-3H3. The highest BCUT2D eigenvalue weighted by atomic mass is 19.4. The number of hydrogen-bond donors (Lipinski definition) is 0. The molecule has 1 atom stereocenters. The van der Waals surface area contributed by atoms with Crippen LogP contribution in [0.1, 0.15) is 18.1 Å². The molecule has 0 saturated heterocycles. The van der Waals surface area contributed by atoms with E-state index in [2.05, 4.69) is 14.8 Å². The highest BCUT2D eigenvalue weighted by molar-refractivity contribution is 5.74. The molecule has 1 heterocycles. The maximum atomic E-state index is 12.9. The van der Waals surface area contributed by atoms with Gasteiger partial charge < -0.3 is 9.47 Å². The summed E-state index contributed by atoms with van der Waals surface area (Å²) < 4.78 is 49.6. The fraction of sp³-hybridized carbons (Fsp3) is 0.357. The third kappa shape index (κ3) is 3.79. The van der Waals surface area contributed by atoms with E-state index in [1.54, 1.807) is 0 Å². The second-order valence-electron chi connectivity index (χ2n) is 4.75. The van der Waals surface area contributed by atoms with Gasteiger partial charge in [0.2, 0.25) is 0 Å². The van der Waals surface area contributed by atoms with E-state index < -0.39 is 23.8 Å². The van der Waals surface area contributed by atoms with Crippen LogP contribution in [0.4, 0.5) is 13.2 Å². The van der Waals surface area contributed by atoms with Crippen LogP contribution >= 0.6 is 0 Å². The monoisotopic (exact) mass is 329 g/mol. The number of aryl methyl sites for hydroxylation is 1. The number of carbonyl (C=O) groups is 1. The Balaban J connectivity index is 2.26. The van der Waals surface area contributed by atoms with Crippen LogP contribution in [0.5, 0.6) is 6.01 Å². The van der Waals surface area contributed by atoms with Gasteiger partial charge in [-0.05, 0) is 31.5 Å². The van der Waals surface area contributed by atoms with Crippen LogP contribution in [-0.2, 0) is 15.7 Å². The van der Waals surface area contributed by atoms with E-state index in [0.717, 1.165) is 10.7 Å². The normalized spacial score (nSPS) is 12.8. The minimum Gasteiger partial charge on any atom is -0.466 e. The summed E-state index contributed by atoms with van der Waals surface area (Å²) in [5.74, 6) is -0.615. The molecule has 0 radical (unpaired) electrons. The predicted octanol–water partition coefficient (Wildman–Crippen LogP) is 2.53. The van der Waals surface area contributed by atoms with Crippen molar-refractivity contribution in [3.05, 3.63) is 35.7 Å². The van der Waals surface area contributed by atoms with Crippen molar-refractivity contribution in [1.82, 2.24) is 14.8 Å². The van der Waals surface area contributed by atoms with Gasteiger partial charge in [-0.2, -0.15) is 18.2 Å². The fourth-order valence-electron chi connectivity index (χ4n) is 1.86. The van der Waals surface area contributed by atoms with E-state index in [4.69, 9.17) is 4.74 Å². The average molecular weight is 329 g/mol. The average Bonchev–Trinajstić information content (AvgIpc) is 2.94. The number of benzene rings is 1. The highest BCUT2D eigenvalue weighted by Crippen LogP contribution is 2.33. The molecule has 2 rings (SSSR count). The Labute approximate surface area is 129 Å². The maximum Gasteiger partial charge on any atom is 0.416 e. The van der Waals surface area contributed by atoms with Gasteiger partial charge in [0.15, 0.2) is 6.10 Å². The number of alkyl halides is 3. The minimum absolute atomic E-state index is 0.108. The molecule has 0 amide bonds. The Morgan fingerprint density at radius 2 is 2.04 bits per heavy atom. The highest BCUT2D eigenvalue weighted by Gasteiger charge is 2.32. The molecule has 1 aromatic heterocycles. The molecule has 0 aliphatic carbocycles. The zero-order valence-electron chi connectivity index (χ0n) is 12.6. The Hall–Kier alpha value is -2.58. The summed E-state index contributed by atoms with van der Waals surface area (Å²) in [6, 6.07) is 3.65. The molecular formula is C14H14F3N3O3. The topological polar surface area (TPSA) is 66.2 Å². The number of hydrogen-bond acceptors (Lipinski definition) is 5. The van der Waals surface area contributed by atoms with Crippen molar-refractivity contribution in [2.75, 3.05) is 7.11 Å². The molecule has 1 unspecified atom stereocenters. The molecule has 0 aliphatic rings. The lowest BCUT2D eigenvalue weighted by Crippen LogP contribution is -2.25. The van der Waals surface area contributed by atoms with E-state index in [0.29, 0.717) is 0 Å². The Kier molecular flexibility index (Phi) is 4.57. The third-order valence-corrected chi connectivity index (χ3v) is 3.08. The molecule has 124 valence electrons. The van der Waals surface area contributed by atoms with Crippen LogP contribution in [0.2, 0.25) is 0 Å². The molecule has 0 fully saturated rings. The number of aromatic nitrogens is 3. The number of nitrogens with zero attached hydrogens (tertiary/aromatic N) is 3. The Morgan fingerprint density at radius 3 is 2.65 bits per heavy atom. The van der Waals surface area contributed by atoms with E-state index in [1.807, 2.05) is 0 Å². The van der Waals surface area contributed by atoms with Crippen LogP contribution in [0.25, 0.3) is 5.69 Å². The molecular weight excluding hydrogens is 315 g/mol. The SMILES string of the molecule is COC(=O)C(C)Oc1ncn(-c2ccc(C)c(C(F)(F)F)c2)n1. The number of carbonyl (C=O) groups excluding carboxylic acids is 1. The molecule has 23 heavy (non-hydrogen) atoms. The van der Waals surface area contributed by atoms with Crippen LogP contribution in [-0.4, -0.2) is 33.9 Å². The number of halogens is 3. The second-order valence-corrected chi connectivity index (χ2v) is 4.75. The van der Waals surface area contributed by atoms with Crippen molar-refractivity contribution in [2.45, 2.75) is 26.1 Å². The van der Waals surface area contributed by atoms with Gasteiger partial charge in [0.25, 0.3) is 0 Å². The van der Waals surface area contributed by atoms with Crippen molar-refractivity contribution in [3.63, 3.8) is 0 Å². The first-order valence-corrected chi connectivity index (χ1v) is 6.56. The van der Waals surface area contributed by atoms with Gasteiger partial charge in [-0.1, -0.05) is 6.07 Å². The van der Waals surface area contributed by atoms with Gasteiger partial charge >= 0.3 is 18.2 Å². The molecule has 2 aromatic rings. The molecule has 0 spiro atoms. The summed E-state index contributed by atoms with van der Waals surface area (Å²) >= 11 is 0. The molecule has 6 nitrogen and oxygen atoms in total. The first kappa shape index (κ1) is 16.8. The lowest BCUT2D eigenvalue weighted by Gasteiger charge is -2.11. The zero-order chi connectivity index (χ0) is 17.2. The summed E-state index contributed by atoms with van der Waals surface area (Å²) in [6.45, 7) is 2.82. The Morgan fingerprint density at radius 1 is 1.35 bits per heavy atom. The van der Waals surface area contributed by atoms with Gasteiger partial charge in [-0.3, -0.25) is 0 Å². The van der Waals surface area contributed by atoms with Crippen LogP contribution < -0.4 is 4.74 Å². The molecule has 0 bridgehead atoms. The number of ether oxygens (including phenoxy) is 2. The van der Waals surface area contributed by atoms with Gasteiger partial charge in [0.05, 0.1) is 18.4 Å². The van der Waals surface area contributed by atoms with Crippen molar-refractivity contribution in [1.29, 1.82) is 0 Å². The minimum atomic E-state index is -4.46. The summed E-state index contributed by atoms with van der Waals surface area (Å²) in [5, 5.41) is 3.90. The molecule has 0 saturated carbocycles. The van der Waals surface area contributed by atoms with Gasteiger partial charge in [0.1, 0.15) is 6.33 Å². The van der Waals surface area contributed by atoms with Gasteiger partial charge in [-0.25, -0.2) is 9.48 Å². The quantitative estimate of drug-likeness (QED) is 0.807. The van der Waals surface area contributed by atoms with E-state index in [-0.39, 0.29) is 17.3 Å². The number of esters is 1. The van der Waals surface area contributed by atoms with Crippen molar-refractivity contribution in [3.8, 4) is 11.7 Å². The Bertz CT molecular complexity index is 713. The van der Waals surface area contributed by atoms with Crippen molar-refractivity contribution in [2.24, 2.45) is 0 Å². The first-order chi connectivity index (χ1) is 10.7. The van der Waals surface area contributed by atoms with Gasteiger partial charge in [-0.15, -0.1) is 5.10 Å². The van der Waals surface area contributed by atoms with Gasteiger partial charge in [0, 0.05) is 0 Å². The van der Waals surface area contributed by atoms with Crippen molar-refractivity contribution >= 4 is 5.97 Å².